The van der Waals surface area contributed by atoms with Crippen molar-refractivity contribution in [3.63, 3.8) is 0 Å². The lowest BCUT2D eigenvalue weighted by Gasteiger charge is -2.36. The molecule has 2 rings (SSSR count). The van der Waals surface area contributed by atoms with Crippen molar-refractivity contribution in [2.24, 2.45) is 0 Å². The molecule has 1 atom stereocenters. The summed E-state index contributed by atoms with van der Waals surface area (Å²) < 4.78 is 19.7. The van der Waals surface area contributed by atoms with Gasteiger partial charge in [-0.3, -0.25) is 4.57 Å². The Kier molecular flexibility index (Phi) is 4.80. The van der Waals surface area contributed by atoms with E-state index >= 15 is 0 Å². The Hall–Kier alpha value is -0.670. The second-order valence-electron chi connectivity index (χ2n) is 4.91. The highest BCUT2D eigenvalue weighted by molar-refractivity contribution is 7.56. The Morgan fingerprint density at radius 2 is 1.79 bits per heavy atom. The van der Waals surface area contributed by atoms with E-state index in [0.29, 0.717) is 0 Å². The van der Waals surface area contributed by atoms with Gasteiger partial charge in [0.2, 0.25) is 0 Å². The summed E-state index contributed by atoms with van der Waals surface area (Å²) in [5.41, 5.74) is 1.23. The number of benzene rings is 1. The molecule has 1 aromatic rings. The molecule has 0 amide bonds. The molecule has 1 aliphatic heterocycles. The predicted molar refractivity (Wildman–Crippen MR) is 80.0 cm³/mol. The molecular weight excluding hydrogens is 257 g/mol. The first-order valence-corrected chi connectivity index (χ1v) is 8.55. The SMILES string of the molecule is CCN(CC)P1(=O)N(C)CCN1Cc1ccccc1. The van der Waals surface area contributed by atoms with Crippen molar-refractivity contribution in [3.8, 4) is 0 Å². The lowest BCUT2D eigenvalue weighted by molar-refractivity contribution is 0.350. The van der Waals surface area contributed by atoms with Gasteiger partial charge in [-0.05, 0) is 12.6 Å². The Labute approximate surface area is 116 Å². The third kappa shape index (κ3) is 2.77. The molecule has 0 N–H and O–H groups in total. The molecule has 1 heterocycles. The summed E-state index contributed by atoms with van der Waals surface area (Å²) in [4.78, 5) is 0. The maximum Gasteiger partial charge on any atom is 0.286 e. The molecule has 19 heavy (non-hydrogen) atoms. The molecule has 106 valence electrons. The zero-order chi connectivity index (χ0) is 13.9. The molecule has 4 nitrogen and oxygen atoms in total. The summed E-state index contributed by atoms with van der Waals surface area (Å²) in [6.07, 6.45) is 0. The minimum atomic E-state index is -2.55. The first kappa shape index (κ1) is 14.7. The molecule has 5 heteroatoms. The lowest BCUT2D eigenvalue weighted by atomic mass is 10.2. The number of hydrogen-bond donors (Lipinski definition) is 0. The van der Waals surface area contributed by atoms with Crippen molar-refractivity contribution in [3.05, 3.63) is 35.9 Å². The van der Waals surface area contributed by atoms with Gasteiger partial charge in [0.05, 0.1) is 0 Å². The molecule has 1 fully saturated rings. The molecule has 0 radical (unpaired) electrons. The summed E-state index contributed by atoms with van der Waals surface area (Å²) in [6.45, 7) is 8.32. The van der Waals surface area contributed by atoms with E-state index in [0.717, 1.165) is 32.7 Å². The maximum atomic E-state index is 13.4. The van der Waals surface area contributed by atoms with Gasteiger partial charge in [-0.2, -0.15) is 0 Å². The van der Waals surface area contributed by atoms with Gasteiger partial charge >= 0.3 is 0 Å². The average Bonchev–Trinajstić information content (AvgIpc) is 2.70. The fraction of sp³-hybridized carbons (Fsp3) is 0.571. The molecule has 0 spiro atoms. The Morgan fingerprint density at radius 3 is 2.37 bits per heavy atom. The summed E-state index contributed by atoms with van der Waals surface area (Å²) in [5, 5.41) is 0. The first-order chi connectivity index (χ1) is 9.12. The van der Waals surface area contributed by atoms with Gasteiger partial charge in [-0.25, -0.2) is 14.0 Å². The van der Waals surface area contributed by atoms with Gasteiger partial charge in [-0.15, -0.1) is 0 Å². The van der Waals surface area contributed by atoms with Crippen molar-refractivity contribution in [1.82, 2.24) is 14.0 Å². The van der Waals surface area contributed by atoms with Crippen molar-refractivity contribution < 1.29 is 4.57 Å². The van der Waals surface area contributed by atoms with Crippen molar-refractivity contribution in [2.45, 2.75) is 20.4 Å². The van der Waals surface area contributed by atoms with E-state index in [2.05, 4.69) is 35.3 Å². The van der Waals surface area contributed by atoms with Crippen LogP contribution in [0.5, 0.6) is 0 Å². The number of nitrogens with zero attached hydrogens (tertiary/aromatic N) is 3. The minimum absolute atomic E-state index is 0.763. The van der Waals surface area contributed by atoms with Crippen molar-refractivity contribution in [2.75, 3.05) is 33.2 Å². The molecule has 1 aliphatic rings. The highest BCUT2D eigenvalue weighted by Crippen LogP contribution is 2.59. The standard InChI is InChI=1S/C14H24N3OP/c1-4-16(5-2)19(18)15(3)11-12-17(19)13-14-9-7-6-8-10-14/h6-10H,4-5,11-13H2,1-3H3. The van der Waals surface area contributed by atoms with Gasteiger partial charge in [-0.1, -0.05) is 44.2 Å². The second-order valence-corrected chi connectivity index (χ2v) is 7.75. The number of rotatable bonds is 5. The van der Waals surface area contributed by atoms with E-state index in [1.165, 1.54) is 5.56 Å². The largest absolute Gasteiger partial charge is 0.286 e. The van der Waals surface area contributed by atoms with E-state index in [-0.39, 0.29) is 0 Å². The molecule has 0 aromatic heterocycles. The van der Waals surface area contributed by atoms with Crippen LogP contribution in [0.25, 0.3) is 0 Å². The zero-order valence-corrected chi connectivity index (χ0v) is 13.0. The van der Waals surface area contributed by atoms with Crippen LogP contribution in [0.4, 0.5) is 0 Å². The summed E-state index contributed by atoms with van der Waals surface area (Å²) >= 11 is 0. The van der Waals surface area contributed by atoms with Crippen LogP contribution in [0.3, 0.4) is 0 Å². The third-order valence-corrected chi connectivity index (χ3v) is 7.27. The van der Waals surface area contributed by atoms with Crippen LogP contribution in [0.1, 0.15) is 19.4 Å². The van der Waals surface area contributed by atoms with Crippen LogP contribution in [-0.2, 0) is 11.1 Å². The Morgan fingerprint density at radius 1 is 1.16 bits per heavy atom. The molecular formula is C14H24N3OP. The molecule has 0 bridgehead atoms. The van der Waals surface area contributed by atoms with Crippen LogP contribution < -0.4 is 0 Å². The number of likely N-dealkylation sites (N-methyl/N-ethyl adjacent to an activating group) is 1. The highest BCUT2D eigenvalue weighted by atomic mass is 31.2. The monoisotopic (exact) mass is 281 g/mol. The van der Waals surface area contributed by atoms with Gasteiger partial charge < -0.3 is 0 Å². The van der Waals surface area contributed by atoms with Gasteiger partial charge in [0, 0.05) is 32.7 Å². The van der Waals surface area contributed by atoms with E-state index in [1.807, 2.05) is 29.9 Å². The molecule has 0 saturated carbocycles. The van der Waals surface area contributed by atoms with E-state index in [4.69, 9.17) is 0 Å². The minimum Gasteiger partial charge on any atom is -0.270 e. The summed E-state index contributed by atoms with van der Waals surface area (Å²) in [7, 11) is -0.571. The molecule has 0 aliphatic carbocycles. The lowest BCUT2D eigenvalue weighted by Crippen LogP contribution is -2.32. The van der Waals surface area contributed by atoms with Crippen molar-refractivity contribution >= 4 is 7.59 Å². The average molecular weight is 281 g/mol. The maximum absolute atomic E-state index is 13.4. The first-order valence-electron chi connectivity index (χ1n) is 6.99. The van der Waals surface area contributed by atoms with Crippen LogP contribution >= 0.6 is 7.59 Å². The fourth-order valence-corrected chi connectivity index (χ4v) is 5.69. The number of hydrogen-bond acceptors (Lipinski definition) is 1. The fourth-order valence-electron chi connectivity index (χ4n) is 2.69. The quantitative estimate of drug-likeness (QED) is 0.775. The molecule has 1 saturated heterocycles. The Balaban J connectivity index is 2.22. The second kappa shape index (κ2) is 6.19. The van der Waals surface area contributed by atoms with Crippen molar-refractivity contribution in [1.29, 1.82) is 0 Å². The third-order valence-electron chi connectivity index (χ3n) is 3.80. The van der Waals surface area contributed by atoms with E-state index in [9.17, 15) is 4.57 Å². The molecule has 1 aromatic carbocycles. The zero-order valence-electron chi connectivity index (χ0n) is 12.1. The van der Waals surface area contributed by atoms with Crippen LogP contribution in [0, 0.1) is 0 Å². The highest BCUT2D eigenvalue weighted by Gasteiger charge is 2.44. The van der Waals surface area contributed by atoms with Crippen LogP contribution in [0.2, 0.25) is 0 Å². The van der Waals surface area contributed by atoms with E-state index in [1.54, 1.807) is 0 Å². The normalized spacial score (nSPS) is 25.3. The topological polar surface area (TPSA) is 26.8 Å². The van der Waals surface area contributed by atoms with E-state index < -0.39 is 7.59 Å². The smallest absolute Gasteiger partial charge is 0.270 e. The predicted octanol–water partition coefficient (Wildman–Crippen LogP) is 2.88. The summed E-state index contributed by atoms with van der Waals surface area (Å²) in [5.74, 6) is 0. The van der Waals surface area contributed by atoms with Crippen LogP contribution in [0.15, 0.2) is 30.3 Å². The van der Waals surface area contributed by atoms with Crippen LogP contribution in [-0.4, -0.2) is 47.2 Å². The van der Waals surface area contributed by atoms with Gasteiger partial charge in [0.25, 0.3) is 7.59 Å². The Bertz CT molecular complexity index is 447. The van der Waals surface area contributed by atoms with Gasteiger partial charge in [0.1, 0.15) is 0 Å². The molecule has 1 unspecified atom stereocenters. The van der Waals surface area contributed by atoms with Gasteiger partial charge in [0.15, 0.2) is 0 Å². The summed E-state index contributed by atoms with van der Waals surface area (Å²) in [6, 6.07) is 10.3.